The lowest BCUT2D eigenvalue weighted by Gasteiger charge is -2.06. The van der Waals surface area contributed by atoms with E-state index in [-0.39, 0.29) is 0 Å². The highest BCUT2D eigenvalue weighted by Gasteiger charge is 2.18. The topological polar surface area (TPSA) is 3.88 Å². The van der Waals surface area contributed by atoms with Crippen LogP contribution in [0.15, 0.2) is 66.9 Å². The molecule has 0 aliphatic carbocycles. The van der Waals surface area contributed by atoms with Gasteiger partial charge in [0.1, 0.15) is 7.05 Å². The number of aromatic nitrogens is 1. The first-order valence-corrected chi connectivity index (χ1v) is 9.75. The zero-order valence-corrected chi connectivity index (χ0v) is 16.0. The summed E-state index contributed by atoms with van der Waals surface area (Å²) in [7, 11) is 2.15. The minimum absolute atomic E-state index is 1.27. The Morgan fingerprint density at radius 3 is 2.50 bits per heavy atom. The van der Waals surface area contributed by atoms with Crippen LogP contribution in [0, 0.1) is 13.8 Å². The molecule has 2 heteroatoms. The molecule has 2 aromatic heterocycles. The van der Waals surface area contributed by atoms with Crippen LogP contribution in [0.25, 0.3) is 42.2 Å². The fourth-order valence-electron chi connectivity index (χ4n) is 4.00. The molecule has 1 nitrogen and oxygen atoms in total. The molecule has 0 spiro atoms. The maximum atomic E-state index is 2.37. The zero-order valence-electron chi connectivity index (χ0n) is 15.2. The predicted octanol–water partition coefficient (Wildman–Crippen LogP) is 6.32. The third kappa shape index (κ3) is 2.26. The Bertz CT molecular complexity index is 1310. The smallest absolute Gasteiger partial charge is 0.200 e. The molecular formula is C24H20NS+. The van der Waals surface area contributed by atoms with E-state index in [0.717, 1.165) is 0 Å². The first-order valence-electron chi connectivity index (χ1n) is 8.93. The number of hydrogen-bond acceptors (Lipinski definition) is 1. The van der Waals surface area contributed by atoms with Crippen LogP contribution < -0.4 is 4.57 Å². The van der Waals surface area contributed by atoms with Gasteiger partial charge < -0.3 is 0 Å². The average molecular weight is 354 g/mol. The van der Waals surface area contributed by atoms with Crippen molar-refractivity contribution in [3.05, 3.63) is 78.0 Å². The molecule has 0 radical (unpaired) electrons. The summed E-state index contributed by atoms with van der Waals surface area (Å²) in [6.45, 7) is 4.35. The number of pyridine rings is 1. The fourth-order valence-corrected chi connectivity index (χ4v) is 5.18. The Hall–Kier alpha value is -2.71. The van der Waals surface area contributed by atoms with E-state index in [9.17, 15) is 0 Å². The highest BCUT2D eigenvalue weighted by molar-refractivity contribution is 7.26. The Labute approximate surface area is 157 Å². The van der Waals surface area contributed by atoms with Gasteiger partial charge in [-0.05, 0) is 42.3 Å². The molecule has 0 aliphatic rings. The second-order valence-corrected chi connectivity index (χ2v) is 8.21. The van der Waals surface area contributed by atoms with Crippen LogP contribution >= 0.6 is 11.3 Å². The lowest BCUT2D eigenvalue weighted by atomic mass is 10.00. The van der Waals surface area contributed by atoms with Crippen molar-refractivity contribution in [1.29, 1.82) is 0 Å². The molecule has 0 saturated heterocycles. The summed E-state index contributed by atoms with van der Waals surface area (Å²) in [5.74, 6) is 0. The Kier molecular flexibility index (Phi) is 3.38. The first-order chi connectivity index (χ1) is 12.6. The number of fused-ring (bicyclic) bond motifs is 5. The summed E-state index contributed by atoms with van der Waals surface area (Å²) < 4.78 is 4.96. The van der Waals surface area contributed by atoms with E-state index in [0.29, 0.717) is 0 Å². The summed E-state index contributed by atoms with van der Waals surface area (Å²) in [4.78, 5) is 0. The molecule has 5 rings (SSSR count). The number of benzene rings is 3. The first kappa shape index (κ1) is 15.5. The quantitative estimate of drug-likeness (QED) is 0.310. The molecule has 0 N–H and O–H groups in total. The van der Waals surface area contributed by atoms with E-state index in [4.69, 9.17) is 0 Å². The van der Waals surface area contributed by atoms with Crippen molar-refractivity contribution in [2.45, 2.75) is 13.8 Å². The number of aryl methyl sites for hydroxylation is 3. The predicted molar refractivity (Wildman–Crippen MR) is 113 cm³/mol. The summed E-state index contributed by atoms with van der Waals surface area (Å²) in [6, 6.07) is 22.3. The van der Waals surface area contributed by atoms with Gasteiger partial charge in [0.25, 0.3) is 0 Å². The summed E-state index contributed by atoms with van der Waals surface area (Å²) in [5, 5.41) is 5.39. The van der Waals surface area contributed by atoms with E-state index < -0.39 is 0 Å². The van der Waals surface area contributed by atoms with Crippen molar-refractivity contribution >= 4 is 42.3 Å². The molecule has 3 aromatic carbocycles. The number of hydrogen-bond donors (Lipinski definition) is 0. The molecule has 0 amide bonds. The van der Waals surface area contributed by atoms with Crippen LogP contribution in [0.4, 0.5) is 0 Å². The Morgan fingerprint density at radius 2 is 1.65 bits per heavy atom. The van der Waals surface area contributed by atoms with Crippen LogP contribution in [-0.2, 0) is 7.05 Å². The van der Waals surface area contributed by atoms with Gasteiger partial charge in [-0.1, -0.05) is 48.0 Å². The normalized spacial score (nSPS) is 11.7. The second kappa shape index (κ2) is 5.65. The average Bonchev–Trinajstić information content (AvgIpc) is 2.99. The zero-order chi connectivity index (χ0) is 17.8. The van der Waals surface area contributed by atoms with Crippen LogP contribution in [0.5, 0.6) is 0 Å². The molecule has 0 atom stereocenters. The molecular weight excluding hydrogens is 334 g/mol. The van der Waals surface area contributed by atoms with Gasteiger partial charge in [0.15, 0.2) is 6.20 Å². The maximum Gasteiger partial charge on any atom is 0.213 e. The summed E-state index contributed by atoms with van der Waals surface area (Å²) in [6.07, 6.45) is 2.28. The molecule has 0 fully saturated rings. The molecule has 0 bridgehead atoms. The van der Waals surface area contributed by atoms with E-state index in [1.807, 2.05) is 11.3 Å². The summed E-state index contributed by atoms with van der Waals surface area (Å²) >= 11 is 1.88. The molecule has 26 heavy (non-hydrogen) atoms. The molecule has 0 unspecified atom stereocenters. The third-order valence-electron chi connectivity index (χ3n) is 5.28. The third-order valence-corrected chi connectivity index (χ3v) is 6.38. The van der Waals surface area contributed by atoms with Crippen molar-refractivity contribution in [3.63, 3.8) is 0 Å². The molecule has 0 saturated carbocycles. The SMILES string of the molecule is Cc1ccc(-c2cc3c(c[n+]2C)sc2ccc4ccccc4c23)c(C)c1. The van der Waals surface area contributed by atoms with E-state index >= 15 is 0 Å². The highest BCUT2D eigenvalue weighted by Crippen LogP contribution is 2.39. The van der Waals surface area contributed by atoms with Gasteiger partial charge in [0.05, 0.1) is 4.70 Å². The Balaban J connectivity index is 1.90. The molecule has 0 aliphatic heterocycles. The fraction of sp³-hybridized carbons (Fsp3) is 0.125. The van der Waals surface area contributed by atoms with Gasteiger partial charge in [-0.25, -0.2) is 0 Å². The standard InChI is InChI=1S/C24H20NS/c1-15-8-10-18(16(2)12-15)21-13-20-23(14-25(21)3)26-22-11-9-17-6-4-5-7-19(17)24(20)22/h4-14H,1-3H3/q+1. The van der Waals surface area contributed by atoms with E-state index in [1.54, 1.807) is 0 Å². The van der Waals surface area contributed by atoms with E-state index in [1.165, 1.54) is 53.3 Å². The molecule has 2 heterocycles. The maximum absolute atomic E-state index is 2.37. The van der Waals surface area contributed by atoms with Gasteiger partial charge >= 0.3 is 0 Å². The Morgan fingerprint density at radius 1 is 0.808 bits per heavy atom. The van der Waals surface area contributed by atoms with E-state index in [2.05, 4.69) is 92.3 Å². The van der Waals surface area contributed by atoms with Gasteiger partial charge in [-0.15, -0.1) is 11.3 Å². The molecule has 5 aromatic rings. The highest BCUT2D eigenvalue weighted by atomic mass is 32.1. The number of nitrogens with zero attached hydrogens (tertiary/aromatic N) is 1. The van der Waals surface area contributed by atoms with Gasteiger partial charge in [-0.3, -0.25) is 0 Å². The van der Waals surface area contributed by atoms with Crippen molar-refractivity contribution in [1.82, 2.24) is 0 Å². The van der Waals surface area contributed by atoms with Gasteiger partial charge in [0, 0.05) is 27.1 Å². The minimum atomic E-state index is 1.27. The monoisotopic (exact) mass is 354 g/mol. The lowest BCUT2D eigenvalue weighted by molar-refractivity contribution is -0.658. The van der Waals surface area contributed by atoms with Crippen LogP contribution in [0.3, 0.4) is 0 Å². The number of thiophene rings is 1. The number of rotatable bonds is 1. The van der Waals surface area contributed by atoms with Crippen molar-refractivity contribution in [2.75, 3.05) is 0 Å². The van der Waals surface area contributed by atoms with Crippen molar-refractivity contribution in [2.24, 2.45) is 7.05 Å². The van der Waals surface area contributed by atoms with Crippen LogP contribution in [-0.4, -0.2) is 0 Å². The van der Waals surface area contributed by atoms with Crippen LogP contribution in [0.2, 0.25) is 0 Å². The molecule has 126 valence electrons. The van der Waals surface area contributed by atoms with Crippen molar-refractivity contribution in [3.8, 4) is 11.3 Å². The van der Waals surface area contributed by atoms with Gasteiger partial charge in [0.2, 0.25) is 5.69 Å². The minimum Gasteiger partial charge on any atom is -0.200 e. The van der Waals surface area contributed by atoms with Crippen LogP contribution in [0.1, 0.15) is 11.1 Å². The summed E-state index contributed by atoms with van der Waals surface area (Å²) in [5.41, 5.74) is 5.20. The largest absolute Gasteiger partial charge is 0.213 e. The van der Waals surface area contributed by atoms with Gasteiger partial charge in [-0.2, -0.15) is 4.57 Å². The van der Waals surface area contributed by atoms with Crippen molar-refractivity contribution < 1.29 is 4.57 Å². The second-order valence-electron chi connectivity index (χ2n) is 7.13. The lowest BCUT2D eigenvalue weighted by Crippen LogP contribution is -2.30.